The lowest BCUT2D eigenvalue weighted by Gasteiger charge is -2.28. The van der Waals surface area contributed by atoms with E-state index < -0.39 is 0 Å². The van der Waals surface area contributed by atoms with Crippen molar-refractivity contribution < 1.29 is 0 Å². The summed E-state index contributed by atoms with van der Waals surface area (Å²) in [5.41, 5.74) is 0. The predicted octanol–water partition coefficient (Wildman–Crippen LogP) is 4.63. The van der Waals surface area contributed by atoms with Gasteiger partial charge in [0.15, 0.2) is 0 Å². The van der Waals surface area contributed by atoms with Crippen molar-refractivity contribution in [3.8, 4) is 0 Å². The summed E-state index contributed by atoms with van der Waals surface area (Å²) in [6.07, 6.45) is 11.5. The van der Waals surface area contributed by atoms with Gasteiger partial charge in [-0.3, -0.25) is 0 Å². The Morgan fingerprint density at radius 2 is 1.69 bits per heavy atom. The molecule has 0 saturated carbocycles. The summed E-state index contributed by atoms with van der Waals surface area (Å²) in [6.45, 7) is 4.63. The van der Waals surface area contributed by atoms with E-state index in [4.69, 9.17) is 0 Å². The first-order valence-electron chi connectivity index (χ1n) is 5.97. The van der Waals surface area contributed by atoms with Crippen LogP contribution in [0.1, 0.15) is 65.2 Å². The third kappa shape index (κ3) is 3.53. The highest BCUT2D eigenvalue weighted by Crippen LogP contribution is 2.45. The van der Waals surface area contributed by atoms with Crippen LogP contribution in [0.15, 0.2) is 0 Å². The maximum Gasteiger partial charge on any atom is 0.0160 e. The van der Waals surface area contributed by atoms with Gasteiger partial charge in [0.05, 0.1) is 0 Å². The zero-order valence-corrected chi connectivity index (χ0v) is 10.1. The highest BCUT2D eigenvalue weighted by atomic mass is 32.2. The Bertz CT molecular complexity index is 115. The first-order valence-corrected chi connectivity index (χ1v) is 6.95. The molecule has 1 rings (SSSR count). The molecule has 1 heterocycles. The van der Waals surface area contributed by atoms with Crippen LogP contribution in [0, 0.1) is 0 Å². The monoisotopic (exact) mass is 200 g/mol. The Kier molecular flexibility index (Phi) is 5.23. The molecule has 0 bridgehead atoms. The summed E-state index contributed by atoms with van der Waals surface area (Å²) < 4.78 is 0.714. The van der Waals surface area contributed by atoms with E-state index in [0.717, 1.165) is 0 Å². The van der Waals surface area contributed by atoms with Gasteiger partial charge in [-0.05, 0) is 31.4 Å². The predicted molar refractivity (Wildman–Crippen MR) is 63.5 cm³/mol. The van der Waals surface area contributed by atoms with Gasteiger partial charge in [-0.15, -0.1) is 0 Å². The maximum absolute atomic E-state index is 2.31. The van der Waals surface area contributed by atoms with E-state index in [1.165, 1.54) is 57.1 Å². The largest absolute Gasteiger partial charge is 0.155 e. The molecule has 1 heteroatoms. The van der Waals surface area contributed by atoms with Crippen LogP contribution in [0.25, 0.3) is 0 Å². The normalized spacial score (nSPS) is 20.8. The van der Waals surface area contributed by atoms with Gasteiger partial charge in [0.2, 0.25) is 0 Å². The second-order valence-corrected chi connectivity index (χ2v) is 5.91. The molecule has 1 fully saturated rings. The van der Waals surface area contributed by atoms with Gasteiger partial charge in [-0.1, -0.05) is 39.5 Å². The highest BCUT2D eigenvalue weighted by Gasteiger charge is 2.32. The molecule has 0 unspecified atom stereocenters. The Morgan fingerprint density at radius 1 is 1.08 bits per heavy atom. The maximum atomic E-state index is 2.31. The molecule has 0 amide bonds. The molecule has 0 aliphatic carbocycles. The van der Waals surface area contributed by atoms with E-state index >= 15 is 0 Å². The van der Waals surface area contributed by atoms with Gasteiger partial charge in [0.25, 0.3) is 0 Å². The van der Waals surface area contributed by atoms with Crippen LogP contribution >= 0.6 is 11.8 Å². The van der Waals surface area contributed by atoms with Crippen LogP contribution in [0.3, 0.4) is 0 Å². The van der Waals surface area contributed by atoms with Gasteiger partial charge in [0, 0.05) is 4.75 Å². The summed E-state index contributed by atoms with van der Waals surface area (Å²) in [4.78, 5) is 0. The molecule has 0 aromatic carbocycles. The Balaban J connectivity index is 2.33. The zero-order chi connectivity index (χ0) is 9.57. The Labute approximate surface area is 87.9 Å². The lowest BCUT2D eigenvalue weighted by atomic mass is 9.91. The summed E-state index contributed by atoms with van der Waals surface area (Å²) in [6, 6.07) is 0. The van der Waals surface area contributed by atoms with Crippen molar-refractivity contribution in [3.63, 3.8) is 0 Å². The van der Waals surface area contributed by atoms with Crippen molar-refractivity contribution in [1.29, 1.82) is 0 Å². The van der Waals surface area contributed by atoms with E-state index in [9.17, 15) is 0 Å². The van der Waals surface area contributed by atoms with Gasteiger partial charge in [0.1, 0.15) is 0 Å². The zero-order valence-electron chi connectivity index (χ0n) is 9.27. The van der Waals surface area contributed by atoms with E-state index in [2.05, 4.69) is 25.6 Å². The number of unbranched alkanes of at least 4 members (excludes halogenated alkanes) is 2. The molecule has 0 radical (unpaired) electrons. The van der Waals surface area contributed by atoms with Crippen molar-refractivity contribution in [2.45, 2.75) is 70.0 Å². The van der Waals surface area contributed by atoms with Crippen LogP contribution in [-0.4, -0.2) is 10.5 Å². The second-order valence-electron chi connectivity index (χ2n) is 4.34. The molecule has 0 spiro atoms. The molecular formula is C12H24S. The third-order valence-electron chi connectivity index (χ3n) is 3.16. The lowest BCUT2D eigenvalue weighted by molar-refractivity contribution is 0.450. The van der Waals surface area contributed by atoms with Crippen molar-refractivity contribution in [2.75, 3.05) is 5.75 Å². The fourth-order valence-corrected chi connectivity index (χ4v) is 3.86. The van der Waals surface area contributed by atoms with E-state index in [1.54, 1.807) is 0 Å². The molecule has 1 saturated heterocycles. The van der Waals surface area contributed by atoms with E-state index in [1.807, 2.05) is 0 Å². The molecule has 0 nitrogen and oxygen atoms in total. The van der Waals surface area contributed by atoms with Crippen molar-refractivity contribution >= 4 is 11.8 Å². The van der Waals surface area contributed by atoms with Crippen LogP contribution < -0.4 is 0 Å². The van der Waals surface area contributed by atoms with Gasteiger partial charge >= 0.3 is 0 Å². The summed E-state index contributed by atoms with van der Waals surface area (Å²) in [5, 5.41) is 0. The average molecular weight is 200 g/mol. The van der Waals surface area contributed by atoms with Crippen molar-refractivity contribution in [2.24, 2.45) is 0 Å². The molecule has 0 aromatic rings. The summed E-state index contributed by atoms with van der Waals surface area (Å²) >= 11 is 2.27. The topological polar surface area (TPSA) is 0 Å². The van der Waals surface area contributed by atoms with E-state index in [0.29, 0.717) is 4.75 Å². The van der Waals surface area contributed by atoms with Gasteiger partial charge in [-0.25, -0.2) is 0 Å². The number of hydrogen-bond donors (Lipinski definition) is 0. The fourth-order valence-electron chi connectivity index (χ4n) is 2.27. The fraction of sp³-hybridized carbons (Fsp3) is 1.00. The molecule has 0 atom stereocenters. The molecule has 0 N–H and O–H groups in total. The lowest BCUT2D eigenvalue weighted by Crippen LogP contribution is -2.20. The van der Waals surface area contributed by atoms with Crippen LogP contribution in [0.5, 0.6) is 0 Å². The molecule has 1 aliphatic rings. The third-order valence-corrected chi connectivity index (χ3v) is 4.87. The minimum atomic E-state index is 0.714. The van der Waals surface area contributed by atoms with Crippen LogP contribution in [-0.2, 0) is 0 Å². The summed E-state index contributed by atoms with van der Waals surface area (Å²) in [7, 11) is 0. The van der Waals surface area contributed by atoms with Gasteiger partial charge < -0.3 is 0 Å². The van der Waals surface area contributed by atoms with E-state index in [-0.39, 0.29) is 0 Å². The molecule has 13 heavy (non-hydrogen) atoms. The first-order chi connectivity index (χ1) is 6.33. The van der Waals surface area contributed by atoms with Crippen molar-refractivity contribution in [3.05, 3.63) is 0 Å². The smallest absolute Gasteiger partial charge is 0.0160 e. The minimum absolute atomic E-state index is 0.714. The Morgan fingerprint density at radius 3 is 2.08 bits per heavy atom. The summed E-state index contributed by atoms with van der Waals surface area (Å²) in [5.74, 6) is 1.42. The SMILES string of the molecule is CCCCC1(CCCC)CCCS1. The number of thioether (sulfide) groups is 1. The van der Waals surface area contributed by atoms with Gasteiger partial charge in [-0.2, -0.15) is 11.8 Å². The highest BCUT2D eigenvalue weighted by molar-refractivity contribution is 8.00. The molecular weight excluding hydrogens is 176 g/mol. The standard InChI is InChI=1S/C12H24S/c1-3-5-8-12(9-6-4-2)10-7-11-13-12/h3-11H2,1-2H3. The first kappa shape index (κ1) is 11.4. The van der Waals surface area contributed by atoms with Crippen molar-refractivity contribution in [1.82, 2.24) is 0 Å². The molecule has 78 valence electrons. The number of rotatable bonds is 6. The van der Waals surface area contributed by atoms with Crippen LogP contribution in [0.2, 0.25) is 0 Å². The average Bonchev–Trinajstić information content (AvgIpc) is 2.61. The molecule has 0 aromatic heterocycles. The van der Waals surface area contributed by atoms with Crippen LogP contribution in [0.4, 0.5) is 0 Å². The Hall–Kier alpha value is 0.350. The number of hydrogen-bond acceptors (Lipinski definition) is 1. The second kappa shape index (κ2) is 5.95. The quantitative estimate of drug-likeness (QED) is 0.602. The minimum Gasteiger partial charge on any atom is -0.155 e. The molecule has 1 aliphatic heterocycles.